The molecular formula is C20H22N8O. The molecule has 1 N–H and O–H groups in total. The molecule has 0 bridgehead atoms. The summed E-state index contributed by atoms with van der Waals surface area (Å²) in [7, 11) is 0. The molecule has 0 saturated heterocycles. The van der Waals surface area contributed by atoms with E-state index in [0.717, 1.165) is 42.8 Å². The zero-order valence-electron chi connectivity index (χ0n) is 16.0. The van der Waals surface area contributed by atoms with Gasteiger partial charge in [0.15, 0.2) is 5.82 Å². The van der Waals surface area contributed by atoms with Gasteiger partial charge in [0, 0.05) is 18.4 Å². The van der Waals surface area contributed by atoms with Crippen LogP contribution in [0.1, 0.15) is 24.2 Å². The second kappa shape index (κ2) is 9.54. The lowest BCUT2D eigenvalue weighted by atomic mass is 10.2. The number of ether oxygens (including phenoxy) is 1. The van der Waals surface area contributed by atoms with Crippen LogP contribution in [-0.2, 0) is 19.4 Å². The lowest BCUT2D eigenvalue weighted by Crippen LogP contribution is -2.03. The predicted octanol–water partition coefficient (Wildman–Crippen LogP) is 2.50. The van der Waals surface area contributed by atoms with Crippen molar-refractivity contribution < 1.29 is 4.74 Å². The molecule has 9 nitrogen and oxygen atoms in total. The second-order valence-electron chi connectivity index (χ2n) is 6.60. The normalized spacial score (nSPS) is 10.9. The molecule has 0 amide bonds. The molecule has 148 valence electrons. The minimum atomic E-state index is 0.610. The molecule has 0 saturated carbocycles. The number of hydrogen-bond donors (Lipinski definition) is 1. The second-order valence-corrected chi connectivity index (χ2v) is 6.60. The SMILES string of the molecule is c1ccc(CCOc2ccc(-c3nnn(CCCCc4nn[nH]n4)n3)cc2)cc1. The van der Waals surface area contributed by atoms with E-state index >= 15 is 0 Å². The average Bonchev–Trinajstić information content (AvgIpc) is 3.45. The number of unbranched alkanes of at least 4 members (excludes halogenated alkanes) is 1. The van der Waals surface area contributed by atoms with E-state index in [1.54, 1.807) is 4.80 Å². The van der Waals surface area contributed by atoms with Crippen molar-refractivity contribution in [2.24, 2.45) is 0 Å². The van der Waals surface area contributed by atoms with E-state index in [9.17, 15) is 0 Å². The quantitative estimate of drug-likeness (QED) is 0.415. The van der Waals surface area contributed by atoms with Crippen molar-refractivity contribution in [1.82, 2.24) is 40.8 Å². The van der Waals surface area contributed by atoms with Crippen LogP contribution in [0.25, 0.3) is 11.4 Å². The van der Waals surface area contributed by atoms with Gasteiger partial charge in [-0.15, -0.1) is 20.4 Å². The number of H-pyrrole nitrogens is 1. The van der Waals surface area contributed by atoms with E-state index in [1.165, 1.54) is 5.56 Å². The van der Waals surface area contributed by atoms with E-state index in [-0.39, 0.29) is 0 Å². The van der Waals surface area contributed by atoms with Gasteiger partial charge in [0.25, 0.3) is 0 Å². The summed E-state index contributed by atoms with van der Waals surface area (Å²) >= 11 is 0. The lowest BCUT2D eigenvalue weighted by molar-refractivity contribution is 0.322. The Morgan fingerprint density at radius 3 is 2.55 bits per heavy atom. The van der Waals surface area contributed by atoms with Gasteiger partial charge < -0.3 is 4.74 Å². The van der Waals surface area contributed by atoms with Crippen LogP contribution in [0.2, 0.25) is 0 Å². The molecule has 2 heterocycles. The van der Waals surface area contributed by atoms with Crippen molar-refractivity contribution in [3.8, 4) is 17.1 Å². The van der Waals surface area contributed by atoms with Crippen LogP contribution in [0.15, 0.2) is 54.6 Å². The Morgan fingerprint density at radius 1 is 0.897 bits per heavy atom. The number of rotatable bonds is 10. The fraction of sp³-hybridized carbons (Fsp3) is 0.300. The van der Waals surface area contributed by atoms with Gasteiger partial charge in [0.1, 0.15) is 5.75 Å². The topological polar surface area (TPSA) is 107 Å². The fourth-order valence-electron chi connectivity index (χ4n) is 2.91. The third-order valence-corrected chi connectivity index (χ3v) is 4.47. The molecule has 29 heavy (non-hydrogen) atoms. The zero-order chi connectivity index (χ0) is 19.7. The van der Waals surface area contributed by atoms with Crippen LogP contribution in [0.4, 0.5) is 0 Å². The Kier molecular flexibility index (Phi) is 6.16. The van der Waals surface area contributed by atoms with E-state index in [2.05, 4.69) is 48.2 Å². The highest BCUT2D eigenvalue weighted by molar-refractivity contribution is 5.55. The molecule has 0 spiro atoms. The first-order valence-electron chi connectivity index (χ1n) is 9.64. The van der Waals surface area contributed by atoms with Gasteiger partial charge in [-0.25, -0.2) is 0 Å². The predicted molar refractivity (Wildman–Crippen MR) is 106 cm³/mol. The van der Waals surface area contributed by atoms with Crippen LogP contribution >= 0.6 is 0 Å². The summed E-state index contributed by atoms with van der Waals surface area (Å²) in [4.78, 5) is 1.62. The maximum atomic E-state index is 5.82. The molecule has 0 aliphatic carbocycles. The molecule has 9 heteroatoms. The largest absolute Gasteiger partial charge is 0.493 e. The molecule has 0 aliphatic heterocycles. The summed E-state index contributed by atoms with van der Waals surface area (Å²) in [5.41, 5.74) is 2.18. The first kappa shape index (κ1) is 18.7. The molecule has 0 fully saturated rings. The maximum absolute atomic E-state index is 5.82. The van der Waals surface area contributed by atoms with Gasteiger partial charge in [-0.1, -0.05) is 35.5 Å². The van der Waals surface area contributed by atoms with Gasteiger partial charge in [0.05, 0.1) is 13.2 Å². The summed E-state index contributed by atoms with van der Waals surface area (Å²) < 4.78 is 5.82. The molecule has 0 radical (unpaired) electrons. The van der Waals surface area contributed by atoms with E-state index in [0.29, 0.717) is 19.0 Å². The molecular weight excluding hydrogens is 368 g/mol. The van der Waals surface area contributed by atoms with Crippen LogP contribution in [0, 0.1) is 0 Å². The lowest BCUT2D eigenvalue weighted by Gasteiger charge is -2.06. The highest BCUT2D eigenvalue weighted by Crippen LogP contribution is 2.19. The third-order valence-electron chi connectivity index (χ3n) is 4.47. The number of hydrogen-bond acceptors (Lipinski definition) is 7. The van der Waals surface area contributed by atoms with Crippen LogP contribution in [0.3, 0.4) is 0 Å². The standard InChI is InChI=1S/C20H22N8O/c1-2-6-16(7-3-1)13-15-29-18-11-9-17(10-12-18)20-23-27-28(24-20)14-5-4-8-19-21-25-26-22-19/h1-3,6-7,9-12H,4-5,8,13-15H2,(H,21,22,25,26). The zero-order valence-corrected chi connectivity index (χ0v) is 16.0. The van der Waals surface area contributed by atoms with Gasteiger partial charge in [-0.05, 0) is 47.9 Å². The molecule has 4 aromatic rings. The number of aromatic amines is 1. The van der Waals surface area contributed by atoms with E-state index in [1.807, 2.05) is 42.5 Å². The number of aryl methyl sites for hydroxylation is 2. The Balaban J connectivity index is 1.23. The van der Waals surface area contributed by atoms with Crippen LogP contribution in [-0.4, -0.2) is 47.4 Å². The van der Waals surface area contributed by atoms with E-state index < -0.39 is 0 Å². The molecule has 0 atom stereocenters. The highest BCUT2D eigenvalue weighted by atomic mass is 16.5. The number of aromatic nitrogens is 8. The summed E-state index contributed by atoms with van der Waals surface area (Å²) in [5, 5.41) is 26.6. The minimum Gasteiger partial charge on any atom is -0.493 e. The first-order valence-corrected chi connectivity index (χ1v) is 9.64. The molecule has 0 aliphatic rings. The molecule has 2 aromatic carbocycles. The van der Waals surface area contributed by atoms with Crippen molar-refractivity contribution in [3.63, 3.8) is 0 Å². The van der Waals surface area contributed by atoms with Crippen LogP contribution < -0.4 is 4.74 Å². The molecule has 2 aromatic heterocycles. The molecule has 4 rings (SSSR count). The summed E-state index contributed by atoms with van der Waals surface area (Å²) in [6.45, 7) is 1.34. The van der Waals surface area contributed by atoms with Crippen molar-refractivity contribution in [2.45, 2.75) is 32.2 Å². The smallest absolute Gasteiger partial charge is 0.204 e. The Morgan fingerprint density at radius 2 is 1.76 bits per heavy atom. The Bertz CT molecular complexity index is 983. The van der Waals surface area contributed by atoms with Crippen molar-refractivity contribution >= 4 is 0 Å². The van der Waals surface area contributed by atoms with Crippen LogP contribution in [0.5, 0.6) is 5.75 Å². The highest BCUT2D eigenvalue weighted by Gasteiger charge is 2.07. The third kappa shape index (κ3) is 5.44. The van der Waals surface area contributed by atoms with Crippen molar-refractivity contribution in [3.05, 3.63) is 66.0 Å². The molecule has 0 unspecified atom stereocenters. The number of tetrazole rings is 2. The number of nitrogens with zero attached hydrogens (tertiary/aromatic N) is 7. The van der Waals surface area contributed by atoms with Gasteiger partial charge >= 0.3 is 0 Å². The Labute approximate surface area is 168 Å². The summed E-state index contributed by atoms with van der Waals surface area (Å²) in [6, 6.07) is 18.1. The van der Waals surface area contributed by atoms with Crippen molar-refractivity contribution in [2.75, 3.05) is 6.61 Å². The maximum Gasteiger partial charge on any atom is 0.204 e. The van der Waals surface area contributed by atoms with Gasteiger partial charge in [0.2, 0.25) is 5.82 Å². The summed E-state index contributed by atoms with van der Waals surface area (Å²) in [6.07, 6.45) is 3.51. The van der Waals surface area contributed by atoms with Crippen molar-refractivity contribution in [1.29, 1.82) is 0 Å². The minimum absolute atomic E-state index is 0.610. The van der Waals surface area contributed by atoms with Gasteiger partial charge in [-0.2, -0.15) is 10.0 Å². The Hall–Kier alpha value is -3.62. The first-order chi connectivity index (χ1) is 14.4. The summed E-state index contributed by atoms with van der Waals surface area (Å²) in [5.74, 6) is 2.17. The van der Waals surface area contributed by atoms with E-state index in [4.69, 9.17) is 4.74 Å². The van der Waals surface area contributed by atoms with Gasteiger partial charge in [-0.3, -0.25) is 0 Å². The number of benzene rings is 2. The number of nitrogens with one attached hydrogen (secondary N) is 1. The fourth-order valence-corrected chi connectivity index (χ4v) is 2.91. The monoisotopic (exact) mass is 390 g/mol. The average molecular weight is 390 g/mol.